The predicted octanol–water partition coefficient (Wildman–Crippen LogP) is 2.95. The molecule has 0 aliphatic rings. The number of fused-ring (bicyclic) bond motifs is 1. The van der Waals surface area contributed by atoms with E-state index in [4.69, 9.17) is 4.74 Å². The molecule has 3 aromatic rings. The van der Waals surface area contributed by atoms with Crippen molar-refractivity contribution in [1.29, 1.82) is 0 Å². The van der Waals surface area contributed by atoms with Crippen LogP contribution in [0.3, 0.4) is 0 Å². The summed E-state index contributed by atoms with van der Waals surface area (Å²) in [7, 11) is 0. The number of carbonyl (C=O) groups excluding carboxylic acids is 2. The van der Waals surface area contributed by atoms with Crippen LogP contribution in [0.25, 0.3) is 5.78 Å². The molecular weight excluding hydrogens is 394 g/mol. The van der Waals surface area contributed by atoms with Crippen LogP contribution >= 0.6 is 0 Å². The van der Waals surface area contributed by atoms with Gasteiger partial charge in [0.05, 0.1) is 0 Å². The molecule has 0 fully saturated rings. The van der Waals surface area contributed by atoms with Gasteiger partial charge in [-0.05, 0) is 43.7 Å². The lowest BCUT2D eigenvalue weighted by Gasteiger charge is -2.20. The van der Waals surface area contributed by atoms with Crippen LogP contribution in [-0.2, 0) is 27.4 Å². The van der Waals surface area contributed by atoms with E-state index in [9.17, 15) is 9.59 Å². The van der Waals surface area contributed by atoms with Crippen molar-refractivity contribution in [3.63, 3.8) is 0 Å². The number of nitrogens with one attached hydrogen (secondary N) is 1. The number of hydrogen-bond donors (Lipinski definition) is 1. The molecule has 31 heavy (non-hydrogen) atoms. The number of benzene rings is 1. The highest BCUT2D eigenvalue weighted by molar-refractivity contribution is 5.84. The fourth-order valence-electron chi connectivity index (χ4n) is 3.54. The fourth-order valence-corrected chi connectivity index (χ4v) is 3.54. The van der Waals surface area contributed by atoms with Gasteiger partial charge in [0, 0.05) is 17.8 Å². The van der Waals surface area contributed by atoms with Gasteiger partial charge in [-0.2, -0.15) is 10.1 Å². The number of nitrogens with zero attached hydrogens (tertiary/aromatic N) is 4. The SMILES string of the molecule is Cc1nc2ncnn2c(C)c1CCC(=O)N[C@@H](CC(C)C)C(=O)OCc1ccccc1. The number of aryl methyl sites for hydroxylation is 2. The standard InChI is InChI=1S/C23H29N5O3/c1-15(2)12-20(22(30)31-13-18-8-6-5-7-9-18)27-21(29)11-10-19-16(3)26-23-24-14-25-28(23)17(19)4/h5-9,14-15,20H,10-13H2,1-4H3,(H,27,29)/t20-/m0/s1. The number of aromatic nitrogens is 4. The Bertz CT molecular complexity index is 1050. The maximum Gasteiger partial charge on any atom is 0.328 e. The van der Waals surface area contributed by atoms with Crippen molar-refractivity contribution in [1.82, 2.24) is 24.9 Å². The quantitative estimate of drug-likeness (QED) is 0.531. The molecule has 2 heterocycles. The minimum absolute atomic E-state index is 0.187. The zero-order valence-corrected chi connectivity index (χ0v) is 18.5. The van der Waals surface area contributed by atoms with Crippen LogP contribution < -0.4 is 5.32 Å². The van der Waals surface area contributed by atoms with E-state index in [2.05, 4.69) is 20.4 Å². The second-order valence-electron chi connectivity index (χ2n) is 8.08. The van der Waals surface area contributed by atoms with Gasteiger partial charge in [-0.1, -0.05) is 44.2 Å². The second kappa shape index (κ2) is 10.1. The molecule has 0 aliphatic heterocycles. The molecule has 0 saturated heterocycles. The van der Waals surface area contributed by atoms with Gasteiger partial charge in [0.2, 0.25) is 5.91 Å². The van der Waals surface area contributed by atoms with Gasteiger partial charge in [-0.15, -0.1) is 0 Å². The van der Waals surface area contributed by atoms with Crippen molar-refractivity contribution in [2.45, 2.75) is 59.6 Å². The summed E-state index contributed by atoms with van der Waals surface area (Å²) in [5, 5.41) is 7.04. The minimum atomic E-state index is -0.672. The number of esters is 1. The highest BCUT2D eigenvalue weighted by atomic mass is 16.5. The van der Waals surface area contributed by atoms with E-state index in [1.165, 1.54) is 6.33 Å². The van der Waals surface area contributed by atoms with Gasteiger partial charge >= 0.3 is 5.97 Å². The Morgan fingerprint density at radius 2 is 1.90 bits per heavy atom. The van der Waals surface area contributed by atoms with Gasteiger partial charge < -0.3 is 10.1 Å². The molecule has 0 spiro atoms. The monoisotopic (exact) mass is 423 g/mol. The summed E-state index contributed by atoms with van der Waals surface area (Å²) in [5.41, 5.74) is 3.60. The van der Waals surface area contributed by atoms with Crippen LogP contribution in [0.4, 0.5) is 0 Å². The van der Waals surface area contributed by atoms with E-state index in [-0.39, 0.29) is 24.9 Å². The van der Waals surface area contributed by atoms with E-state index in [0.717, 1.165) is 22.5 Å². The zero-order chi connectivity index (χ0) is 22.4. The smallest absolute Gasteiger partial charge is 0.328 e. The summed E-state index contributed by atoms with van der Waals surface area (Å²) in [4.78, 5) is 33.8. The Morgan fingerprint density at radius 3 is 2.61 bits per heavy atom. The third kappa shape index (κ3) is 5.87. The lowest BCUT2D eigenvalue weighted by molar-refractivity contribution is -0.149. The van der Waals surface area contributed by atoms with Crippen LogP contribution in [0.15, 0.2) is 36.7 Å². The molecule has 1 atom stereocenters. The van der Waals surface area contributed by atoms with Crippen molar-refractivity contribution in [2.24, 2.45) is 5.92 Å². The topological polar surface area (TPSA) is 98.5 Å². The highest BCUT2D eigenvalue weighted by Gasteiger charge is 2.24. The first-order valence-corrected chi connectivity index (χ1v) is 10.5. The number of ether oxygens (including phenoxy) is 1. The minimum Gasteiger partial charge on any atom is -0.459 e. The molecule has 0 radical (unpaired) electrons. The Kier molecular flexibility index (Phi) is 7.33. The van der Waals surface area contributed by atoms with Crippen LogP contribution in [-0.4, -0.2) is 37.5 Å². The highest BCUT2D eigenvalue weighted by Crippen LogP contribution is 2.15. The summed E-state index contributed by atoms with van der Waals surface area (Å²) in [6.45, 7) is 8.04. The number of hydrogen-bond acceptors (Lipinski definition) is 6. The number of rotatable bonds is 9. The molecule has 1 aromatic carbocycles. The van der Waals surface area contributed by atoms with E-state index >= 15 is 0 Å². The zero-order valence-electron chi connectivity index (χ0n) is 18.5. The van der Waals surface area contributed by atoms with E-state index < -0.39 is 12.0 Å². The molecule has 8 nitrogen and oxygen atoms in total. The summed E-state index contributed by atoms with van der Waals surface area (Å²) in [6, 6.07) is 8.82. The lowest BCUT2D eigenvalue weighted by Crippen LogP contribution is -2.42. The molecule has 0 unspecified atom stereocenters. The number of amides is 1. The van der Waals surface area contributed by atoms with Crippen molar-refractivity contribution >= 4 is 17.7 Å². The predicted molar refractivity (Wildman–Crippen MR) is 116 cm³/mol. The second-order valence-corrected chi connectivity index (χ2v) is 8.08. The Balaban J connectivity index is 1.60. The van der Waals surface area contributed by atoms with Gasteiger partial charge in [-0.25, -0.2) is 14.3 Å². The number of carbonyl (C=O) groups is 2. The Hall–Kier alpha value is -3.29. The van der Waals surface area contributed by atoms with E-state index in [1.807, 2.05) is 58.0 Å². The molecule has 1 N–H and O–H groups in total. The summed E-state index contributed by atoms with van der Waals surface area (Å²) >= 11 is 0. The van der Waals surface area contributed by atoms with Crippen LogP contribution in [0.5, 0.6) is 0 Å². The molecule has 0 saturated carbocycles. The first-order chi connectivity index (χ1) is 14.8. The largest absolute Gasteiger partial charge is 0.459 e. The molecule has 1 amide bonds. The van der Waals surface area contributed by atoms with Crippen molar-refractivity contribution in [3.8, 4) is 0 Å². The Labute approximate surface area is 182 Å². The van der Waals surface area contributed by atoms with Crippen molar-refractivity contribution in [2.75, 3.05) is 0 Å². The van der Waals surface area contributed by atoms with Crippen LogP contribution in [0.1, 0.15) is 49.2 Å². The maximum absolute atomic E-state index is 12.6. The average molecular weight is 424 g/mol. The first-order valence-electron chi connectivity index (χ1n) is 10.5. The fraction of sp³-hybridized carbons (Fsp3) is 0.435. The van der Waals surface area contributed by atoms with Gasteiger partial charge in [-0.3, -0.25) is 4.79 Å². The summed E-state index contributed by atoms with van der Waals surface area (Å²) in [6.07, 6.45) is 2.72. The third-order valence-electron chi connectivity index (χ3n) is 5.14. The molecule has 2 aromatic heterocycles. The van der Waals surface area contributed by atoms with Crippen LogP contribution in [0, 0.1) is 19.8 Å². The molecule has 3 rings (SSSR count). The summed E-state index contributed by atoms with van der Waals surface area (Å²) in [5.74, 6) is 0.170. The van der Waals surface area contributed by atoms with Crippen LogP contribution in [0.2, 0.25) is 0 Å². The lowest BCUT2D eigenvalue weighted by atomic mass is 10.0. The third-order valence-corrected chi connectivity index (χ3v) is 5.14. The Morgan fingerprint density at radius 1 is 1.16 bits per heavy atom. The molecule has 164 valence electrons. The normalized spacial score (nSPS) is 12.2. The average Bonchev–Trinajstić information content (AvgIpc) is 3.20. The van der Waals surface area contributed by atoms with E-state index in [1.54, 1.807) is 4.52 Å². The van der Waals surface area contributed by atoms with E-state index in [0.29, 0.717) is 18.6 Å². The molecule has 0 aliphatic carbocycles. The molecule has 8 heteroatoms. The van der Waals surface area contributed by atoms with Gasteiger partial charge in [0.25, 0.3) is 5.78 Å². The maximum atomic E-state index is 12.6. The van der Waals surface area contributed by atoms with Gasteiger partial charge in [0.15, 0.2) is 0 Å². The first kappa shape index (κ1) is 22.4. The molecule has 0 bridgehead atoms. The van der Waals surface area contributed by atoms with Crippen molar-refractivity contribution in [3.05, 3.63) is 59.2 Å². The summed E-state index contributed by atoms with van der Waals surface area (Å²) < 4.78 is 7.12. The molecular formula is C23H29N5O3. The van der Waals surface area contributed by atoms with Gasteiger partial charge in [0.1, 0.15) is 19.0 Å². The van der Waals surface area contributed by atoms with Crippen molar-refractivity contribution < 1.29 is 14.3 Å².